The Morgan fingerprint density at radius 2 is 2.06 bits per heavy atom. The third kappa shape index (κ3) is 3.22. The van der Waals surface area contributed by atoms with E-state index in [0.29, 0.717) is 12.8 Å². The van der Waals surface area contributed by atoms with Gasteiger partial charge in [-0.25, -0.2) is 0 Å². The third-order valence-electron chi connectivity index (χ3n) is 2.81. The SMILES string of the molecule is CCCC(O)(CN)Cc1ccccc1OC. The van der Waals surface area contributed by atoms with E-state index in [1.807, 2.05) is 31.2 Å². The van der Waals surface area contributed by atoms with E-state index in [-0.39, 0.29) is 6.54 Å². The largest absolute Gasteiger partial charge is 0.496 e. The van der Waals surface area contributed by atoms with E-state index in [9.17, 15) is 5.11 Å². The van der Waals surface area contributed by atoms with E-state index in [1.54, 1.807) is 7.11 Å². The number of methoxy groups -OCH3 is 1. The Labute approximate surface area is 97.2 Å². The van der Waals surface area contributed by atoms with Gasteiger partial charge in [-0.3, -0.25) is 0 Å². The highest BCUT2D eigenvalue weighted by Crippen LogP contribution is 2.25. The Balaban J connectivity index is 2.85. The highest BCUT2D eigenvalue weighted by atomic mass is 16.5. The molecule has 0 saturated carbocycles. The van der Waals surface area contributed by atoms with Gasteiger partial charge in [-0.2, -0.15) is 0 Å². The monoisotopic (exact) mass is 223 g/mol. The number of hydrogen-bond donors (Lipinski definition) is 2. The third-order valence-corrected chi connectivity index (χ3v) is 2.81. The average Bonchev–Trinajstić information content (AvgIpc) is 2.30. The fraction of sp³-hybridized carbons (Fsp3) is 0.538. The molecule has 1 atom stereocenters. The van der Waals surface area contributed by atoms with E-state index in [0.717, 1.165) is 17.7 Å². The maximum absolute atomic E-state index is 10.3. The van der Waals surface area contributed by atoms with E-state index in [1.165, 1.54) is 0 Å². The van der Waals surface area contributed by atoms with Gasteiger partial charge in [0.15, 0.2) is 0 Å². The van der Waals surface area contributed by atoms with Gasteiger partial charge in [-0.1, -0.05) is 31.5 Å². The number of benzene rings is 1. The summed E-state index contributed by atoms with van der Waals surface area (Å²) in [5.41, 5.74) is 5.83. The first-order valence-electron chi connectivity index (χ1n) is 5.69. The summed E-state index contributed by atoms with van der Waals surface area (Å²) in [6.45, 7) is 2.32. The minimum Gasteiger partial charge on any atom is -0.496 e. The van der Waals surface area contributed by atoms with Gasteiger partial charge in [-0.15, -0.1) is 0 Å². The fourth-order valence-electron chi connectivity index (χ4n) is 1.93. The maximum Gasteiger partial charge on any atom is 0.122 e. The lowest BCUT2D eigenvalue weighted by atomic mass is 9.90. The van der Waals surface area contributed by atoms with Gasteiger partial charge in [0.1, 0.15) is 5.75 Å². The van der Waals surface area contributed by atoms with Gasteiger partial charge in [-0.05, 0) is 18.1 Å². The summed E-state index contributed by atoms with van der Waals surface area (Å²) in [5, 5.41) is 10.3. The lowest BCUT2D eigenvalue weighted by Gasteiger charge is -2.26. The van der Waals surface area contributed by atoms with Gasteiger partial charge < -0.3 is 15.6 Å². The lowest BCUT2D eigenvalue weighted by molar-refractivity contribution is 0.0393. The number of para-hydroxylation sites is 1. The van der Waals surface area contributed by atoms with Crippen LogP contribution in [0.2, 0.25) is 0 Å². The topological polar surface area (TPSA) is 55.5 Å². The molecule has 0 spiro atoms. The Morgan fingerprint density at radius 1 is 1.38 bits per heavy atom. The van der Waals surface area contributed by atoms with Crippen LogP contribution >= 0.6 is 0 Å². The summed E-state index contributed by atoms with van der Waals surface area (Å²) in [4.78, 5) is 0. The molecule has 0 bridgehead atoms. The van der Waals surface area contributed by atoms with E-state index < -0.39 is 5.60 Å². The first-order chi connectivity index (χ1) is 7.65. The molecule has 3 N–H and O–H groups in total. The van der Waals surface area contributed by atoms with Crippen molar-refractivity contribution >= 4 is 0 Å². The number of aliphatic hydroxyl groups is 1. The molecule has 0 amide bonds. The van der Waals surface area contributed by atoms with Gasteiger partial charge in [0, 0.05) is 13.0 Å². The van der Waals surface area contributed by atoms with E-state index >= 15 is 0 Å². The van der Waals surface area contributed by atoms with Crippen LogP contribution in [0.1, 0.15) is 25.3 Å². The summed E-state index contributed by atoms with van der Waals surface area (Å²) in [5.74, 6) is 0.811. The zero-order valence-electron chi connectivity index (χ0n) is 10.1. The zero-order valence-corrected chi connectivity index (χ0v) is 10.1. The van der Waals surface area contributed by atoms with Crippen LogP contribution in [0.5, 0.6) is 5.75 Å². The molecule has 0 radical (unpaired) electrons. The molecule has 0 fully saturated rings. The van der Waals surface area contributed by atoms with Crippen LogP contribution in [0, 0.1) is 0 Å². The molecule has 1 aromatic carbocycles. The fourth-order valence-corrected chi connectivity index (χ4v) is 1.93. The molecule has 0 aliphatic rings. The summed E-state index contributed by atoms with van der Waals surface area (Å²) >= 11 is 0. The molecule has 0 aliphatic carbocycles. The predicted octanol–water partition coefficient (Wildman–Crippen LogP) is 1.73. The Hall–Kier alpha value is -1.06. The summed E-state index contributed by atoms with van der Waals surface area (Å²) in [7, 11) is 1.64. The van der Waals surface area contributed by atoms with Crippen molar-refractivity contribution in [3.05, 3.63) is 29.8 Å². The molecule has 0 heterocycles. The number of hydrogen-bond acceptors (Lipinski definition) is 3. The van der Waals surface area contributed by atoms with Crippen molar-refractivity contribution in [3.8, 4) is 5.75 Å². The maximum atomic E-state index is 10.3. The Morgan fingerprint density at radius 3 is 2.62 bits per heavy atom. The van der Waals surface area contributed by atoms with Crippen LogP contribution in [0.25, 0.3) is 0 Å². The Kier molecular flexibility index (Phi) is 4.77. The summed E-state index contributed by atoms with van der Waals surface area (Å²) in [6.07, 6.45) is 2.17. The van der Waals surface area contributed by atoms with Crippen molar-refractivity contribution in [3.63, 3.8) is 0 Å². The van der Waals surface area contributed by atoms with Crippen molar-refractivity contribution in [1.82, 2.24) is 0 Å². The van der Waals surface area contributed by atoms with Crippen LogP contribution in [0.3, 0.4) is 0 Å². The average molecular weight is 223 g/mol. The molecular formula is C13H21NO2. The molecule has 1 aromatic rings. The van der Waals surface area contributed by atoms with E-state index in [4.69, 9.17) is 10.5 Å². The molecule has 1 unspecified atom stereocenters. The number of ether oxygens (including phenoxy) is 1. The standard InChI is InChI=1S/C13H21NO2/c1-3-8-13(15,10-14)9-11-6-4-5-7-12(11)16-2/h4-7,15H,3,8-10,14H2,1-2H3. The first-order valence-corrected chi connectivity index (χ1v) is 5.69. The van der Waals surface area contributed by atoms with Gasteiger partial charge in [0.25, 0.3) is 0 Å². The molecule has 1 rings (SSSR count). The van der Waals surface area contributed by atoms with Crippen LogP contribution < -0.4 is 10.5 Å². The minimum atomic E-state index is -0.816. The normalized spacial score (nSPS) is 14.5. The number of rotatable bonds is 6. The van der Waals surface area contributed by atoms with E-state index in [2.05, 4.69) is 0 Å². The van der Waals surface area contributed by atoms with Crippen molar-refractivity contribution in [1.29, 1.82) is 0 Å². The van der Waals surface area contributed by atoms with Crippen molar-refractivity contribution in [2.24, 2.45) is 5.73 Å². The highest BCUT2D eigenvalue weighted by Gasteiger charge is 2.25. The molecule has 3 nitrogen and oxygen atoms in total. The predicted molar refractivity (Wildman–Crippen MR) is 65.6 cm³/mol. The van der Waals surface area contributed by atoms with Crippen molar-refractivity contribution in [2.75, 3.05) is 13.7 Å². The smallest absolute Gasteiger partial charge is 0.122 e. The van der Waals surface area contributed by atoms with Crippen molar-refractivity contribution < 1.29 is 9.84 Å². The van der Waals surface area contributed by atoms with Crippen LogP contribution in [-0.4, -0.2) is 24.4 Å². The second-order valence-corrected chi connectivity index (χ2v) is 4.17. The molecule has 0 aliphatic heterocycles. The van der Waals surface area contributed by atoms with Gasteiger partial charge in [0.05, 0.1) is 12.7 Å². The zero-order chi connectivity index (χ0) is 12.0. The van der Waals surface area contributed by atoms with Crippen molar-refractivity contribution in [2.45, 2.75) is 31.8 Å². The summed E-state index contributed by atoms with van der Waals surface area (Å²) < 4.78 is 5.26. The quantitative estimate of drug-likeness (QED) is 0.772. The minimum absolute atomic E-state index is 0.277. The molecule has 3 heteroatoms. The summed E-state index contributed by atoms with van der Waals surface area (Å²) in [6, 6.07) is 7.73. The molecule has 90 valence electrons. The van der Waals surface area contributed by atoms with Crippen LogP contribution in [0.4, 0.5) is 0 Å². The first kappa shape index (κ1) is 13.0. The molecular weight excluding hydrogens is 202 g/mol. The van der Waals surface area contributed by atoms with Crippen LogP contribution in [0.15, 0.2) is 24.3 Å². The van der Waals surface area contributed by atoms with Gasteiger partial charge >= 0.3 is 0 Å². The Bertz CT molecular complexity index is 327. The second kappa shape index (κ2) is 5.87. The molecule has 16 heavy (non-hydrogen) atoms. The molecule has 0 saturated heterocycles. The lowest BCUT2D eigenvalue weighted by Crippen LogP contribution is -2.39. The van der Waals surface area contributed by atoms with Gasteiger partial charge in [0.2, 0.25) is 0 Å². The van der Waals surface area contributed by atoms with Crippen LogP contribution in [-0.2, 0) is 6.42 Å². The second-order valence-electron chi connectivity index (χ2n) is 4.17. The molecule has 0 aromatic heterocycles. The highest BCUT2D eigenvalue weighted by molar-refractivity contribution is 5.34. The number of nitrogens with two attached hydrogens (primary N) is 1.